The number of phenolic OH excluding ortho intramolecular Hbond substituents is 1. The molecule has 2 aromatic carbocycles. The van der Waals surface area contributed by atoms with Gasteiger partial charge in [-0.15, -0.1) is 17.9 Å². The first-order valence-corrected chi connectivity index (χ1v) is 14.1. The van der Waals surface area contributed by atoms with Crippen molar-refractivity contribution in [1.82, 2.24) is 9.80 Å². The molecule has 2 aliphatic carbocycles. The van der Waals surface area contributed by atoms with Gasteiger partial charge in [0.15, 0.2) is 11.5 Å². The van der Waals surface area contributed by atoms with Gasteiger partial charge in [0.1, 0.15) is 6.10 Å². The molecule has 2 N–H and O–H groups in total. The monoisotopic (exact) mass is 516 g/mol. The fourth-order valence-electron chi connectivity index (χ4n) is 8.07. The lowest BCUT2D eigenvalue weighted by Crippen LogP contribution is -2.78. The van der Waals surface area contributed by atoms with Crippen LogP contribution < -0.4 is 4.74 Å². The number of phenols is 1. The summed E-state index contributed by atoms with van der Waals surface area (Å²) < 4.78 is 7.81. The summed E-state index contributed by atoms with van der Waals surface area (Å²) in [5.41, 5.74) is 1.50. The summed E-state index contributed by atoms with van der Waals surface area (Å²) >= 11 is 1.69. The molecule has 3 heterocycles. The predicted molar refractivity (Wildman–Crippen MR) is 144 cm³/mol. The highest BCUT2D eigenvalue weighted by atomic mass is 32.1. The number of aromatic hydroxyl groups is 1. The second-order valence-corrected chi connectivity index (χ2v) is 12.1. The molecule has 5 atom stereocenters. The van der Waals surface area contributed by atoms with Crippen molar-refractivity contribution < 1.29 is 19.7 Å². The van der Waals surface area contributed by atoms with Crippen molar-refractivity contribution >= 4 is 27.3 Å². The van der Waals surface area contributed by atoms with Crippen LogP contribution in [0, 0.1) is 0 Å². The van der Waals surface area contributed by atoms with Gasteiger partial charge in [0, 0.05) is 29.9 Å². The van der Waals surface area contributed by atoms with Crippen molar-refractivity contribution in [3.63, 3.8) is 0 Å². The van der Waals surface area contributed by atoms with E-state index in [1.54, 1.807) is 17.4 Å². The lowest BCUT2D eigenvalue weighted by molar-refractivity contribution is -0.198. The van der Waals surface area contributed by atoms with Gasteiger partial charge in [-0.2, -0.15) is 0 Å². The largest absolute Gasteiger partial charge is 0.504 e. The summed E-state index contributed by atoms with van der Waals surface area (Å²) in [6, 6.07) is 11.7. The van der Waals surface area contributed by atoms with Crippen LogP contribution in [-0.4, -0.2) is 69.8 Å². The summed E-state index contributed by atoms with van der Waals surface area (Å²) in [4.78, 5) is 17.9. The van der Waals surface area contributed by atoms with Gasteiger partial charge in [0.05, 0.1) is 23.5 Å². The molecule has 1 aromatic heterocycles. The number of hydrogen-bond acceptors (Lipinski definition) is 6. The van der Waals surface area contributed by atoms with Crippen molar-refractivity contribution in [1.29, 1.82) is 0 Å². The number of likely N-dealkylation sites (N-methyl/N-ethyl adjacent to an activating group) is 1. The topological polar surface area (TPSA) is 73.2 Å². The van der Waals surface area contributed by atoms with E-state index >= 15 is 0 Å². The van der Waals surface area contributed by atoms with Crippen molar-refractivity contribution in [3.05, 3.63) is 71.1 Å². The standard InChI is InChI=1S/C30H32N2O4S/c1-3-13-32-14-12-29-26-19-7-8-22(33)27(26)36-28(29)21(9-11-30(29,35)24(32)16-19)31(2)25(34)17-18-5-4-6-23-20(18)10-15-37-23/h3-8,10,15,21,24,28,33,35H,1,9,11-14,16-17H2,2H3/t21-,24+,28-,29-,30+/m0/s1. The number of likely N-dealkylation sites (tertiary alicyclic amines) is 1. The Kier molecular flexibility index (Phi) is 5.07. The van der Waals surface area contributed by atoms with Gasteiger partial charge in [-0.05, 0) is 72.3 Å². The Morgan fingerprint density at radius 1 is 1.30 bits per heavy atom. The zero-order chi connectivity index (χ0) is 25.5. The normalized spacial score (nSPS) is 31.6. The number of amides is 1. The number of ether oxygens (including phenoxy) is 1. The molecular weight excluding hydrogens is 484 g/mol. The third-order valence-corrected chi connectivity index (χ3v) is 10.6. The number of hydrogen-bond donors (Lipinski definition) is 2. The fourth-order valence-corrected chi connectivity index (χ4v) is 8.90. The maximum atomic E-state index is 13.7. The number of rotatable bonds is 5. The van der Waals surface area contributed by atoms with Crippen LogP contribution in [0.3, 0.4) is 0 Å². The van der Waals surface area contributed by atoms with Gasteiger partial charge < -0.3 is 19.8 Å². The maximum Gasteiger partial charge on any atom is 0.227 e. The zero-order valence-corrected chi connectivity index (χ0v) is 21.8. The first-order valence-electron chi connectivity index (χ1n) is 13.2. The molecule has 4 aliphatic rings. The highest BCUT2D eigenvalue weighted by Gasteiger charge is 2.73. The molecule has 2 bridgehead atoms. The van der Waals surface area contributed by atoms with Crippen LogP contribution in [0.1, 0.15) is 36.0 Å². The lowest BCUT2D eigenvalue weighted by Gasteiger charge is -2.64. The first kappa shape index (κ1) is 23.3. The van der Waals surface area contributed by atoms with E-state index in [2.05, 4.69) is 29.0 Å². The molecule has 7 heteroatoms. The van der Waals surface area contributed by atoms with Gasteiger partial charge in [0.25, 0.3) is 0 Å². The van der Waals surface area contributed by atoms with Gasteiger partial charge in [-0.1, -0.05) is 24.3 Å². The van der Waals surface area contributed by atoms with E-state index in [9.17, 15) is 15.0 Å². The summed E-state index contributed by atoms with van der Waals surface area (Å²) in [7, 11) is 1.88. The summed E-state index contributed by atoms with van der Waals surface area (Å²) in [5.74, 6) is 0.673. The number of benzene rings is 2. The Morgan fingerprint density at radius 3 is 3.00 bits per heavy atom. The van der Waals surface area contributed by atoms with E-state index in [4.69, 9.17) is 4.74 Å². The Hall–Kier alpha value is -2.87. The molecule has 7 rings (SSSR count). The van der Waals surface area contributed by atoms with Crippen molar-refractivity contribution in [2.75, 3.05) is 20.1 Å². The van der Waals surface area contributed by atoms with E-state index in [1.807, 2.05) is 36.2 Å². The third-order valence-electron chi connectivity index (χ3n) is 9.72. The van der Waals surface area contributed by atoms with Crippen molar-refractivity contribution in [3.8, 4) is 11.5 Å². The van der Waals surface area contributed by atoms with Crippen LogP contribution in [0.15, 0.2) is 54.4 Å². The SMILES string of the molecule is C=CCN1CC[C@]23c4c5ccc(O)c4O[C@H]2[C@@H](N(C)C(=O)Cc2cccc4sccc24)CC[C@@]3(O)[C@H]1C5. The van der Waals surface area contributed by atoms with Gasteiger partial charge in [0.2, 0.25) is 5.91 Å². The Balaban J connectivity index is 1.27. The van der Waals surface area contributed by atoms with E-state index in [1.165, 1.54) is 4.70 Å². The Labute approximate surface area is 220 Å². The highest BCUT2D eigenvalue weighted by Crippen LogP contribution is 2.65. The molecule has 1 spiro atoms. The Bertz CT molecular complexity index is 1430. The summed E-state index contributed by atoms with van der Waals surface area (Å²) in [6.45, 7) is 5.49. The molecule has 3 aromatic rings. The van der Waals surface area contributed by atoms with Crippen LogP contribution in [0.4, 0.5) is 0 Å². The van der Waals surface area contributed by atoms with Gasteiger partial charge >= 0.3 is 0 Å². The van der Waals surface area contributed by atoms with E-state index in [-0.39, 0.29) is 23.7 Å². The minimum atomic E-state index is -0.992. The quantitative estimate of drug-likeness (QED) is 0.502. The Morgan fingerprint density at radius 2 is 2.16 bits per heavy atom. The average molecular weight is 517 g/mol. The van der Waals surface area contributed by atoms with Crippen molar-refractivity contribution in [2.45, 2.75) is 61.3 Å². The van der Waals surface area contributed by atoms with Crippen LogP contribution in [-0.2, 0) is 23.1 Å². The van der Waals surface area contributed by atoms with Crippen LogP contribution in [0.5, 0.6) is 11.5 Å². The highest BCUT2D eigenvalue weighted by molar-refractivity contribution is 7.17. The molecule has 1 saturated heterocycles. The number of thiophene rings is 1. The average Bonchev–Trinajstić information content (AvgIpc) is 3.50. The predicted octanol–water partition coefficient (Wildman–Crippen LogP) is 4.02. The second kappa shape index (κ2) is 8.06. The van der Waals surface area contributed by atoms with Gasteiger partial charge in [-0.3, -0.25) is 9.69 Å². The fraction of sp³-hybridized carbons (Fsp3) is 0.433. The summed E-state index contributed by atoms with van der Waals surface area (Å²) in [5, 5.41) is 26.6. The zero-order valence-electron chi connectivity index (χ0n) is 21.0. The molecule has 1 amide bonds. The first-order chi connectivity index (χ1) is 17.9. The number of carbonyl (C=O) groups excluding carboxylic acids is 1. The second-order valence-electron chi connectivity index (χ2n) is 11.2. The molecule has 37 heavy (non-hydrogen) atoms. The molecule has 1 saturated carbocycles. The number of nitrogens with zero attached hydrogens (tertiary/aromatic N) is 2. The summed E-state index contributed by atoms with van der Waals surface area (Å²) in [6.07, 6.45) is 4.49. The molecule has 0 unspecified atom stereocenters. The molecular formula is C30H32N2O4S. The lowest BCUT2D eigenvalue weighted by atomic mass is 9.48. The third kappa shape index (κ3) is 2.96. The van der Waals surface area contributed by atoms with Crippen LogP contribution >= 0.6 is 11.3 Å². The smallest absolute Gasteiger partial charge is 0.227 e. The molecule has 0 radical (unpaired) electrons. The number of piperidine rings is 1. The van der Waals surface area contributed by atoms with Crippen LogP contribution in [0.2, 0.25) is 0 Å². The minimum absolute atomic E-state index is 0.0472. The molecule has 2 fully saturated rings. The van der Waals surface area contributed by atoms with E-state index < -0.39 is 17.1 Å². The number of carbonyl (C=O) groups is 1. The number of aliphatic hydroxyl groups is 1. The van der Waals surface area contributed by atoms with Crippen LogP contribution in [0.25, 0.3) is 10.1 Å². The van der Waals surface area contributed by atoms with E-state index in [0.29, 0.717) is 31.4 Å². The minimum Gasteiger partial charge on any atom is -0.504 e. The molecule has 6 nitrogen and oxygen atoms in total. The molecule has 192 valence electrons. The molecule has 2 aliphatic heterocycles. The van der Waals surface area contributed by atoms with Crippen molar-refractivity contribution in [2.24, 2.45) is 0 Å². The number of fused-ring (bicyclic) bond motifs is 1. The van der Waals surface area contributed by atoms with Gasteiger partial charge in [-0.25, -0.2) is 0 Å². The van der Waals surface area contributed by atoms with E-state index in [0.717, 1.165) is 41.6 Å². The maximum absolute atomic E-state index is 13.7.